The molecule has 15 heavy (non-hydrogen) atoms. The molecule has 6 heteroatoms. The van der Waals surface area contributed by atoms with Crippen LogP contribution in [0.2, 0.25) is 0 Å². The zero-order valence-electron chi connectivity index (χ0n) is 8.37. The van der Waals surface area contributed by atoms with Crippen LogP contribution < -0.4 is 16.0 Å². The molecule has 82 valence electrons. The van der Waals surface area contributed by atoms with Crippen LogP contribution in [0.25, 0.3) is 0 Å². The van der Waals surface area contributed by atoms with E-state index in [4.69, 9.17) is 0 Å². The van der Waals surface area contributed by atoms with Crippen LogP contribution in [-0.2, 0) is 0 Å². The molecule has 1 aromatic rings. The normalized spacial score (nSPS) is 9.40. The zero-order valence-corrected chi connectivity index (χ0v) is 9.19. The molecule has 1 rings (SSSR count). The number of urea groups is 1. The van der Waals surface area contributed by atoms with Crippen LogP contribution in [-0.4, -0.2) is 32.1 Å². The highest BCUT2D eigenvalue weighted by atomic mass is 32.1. The second kappa shape index (κ2) is 6.02. The van der Waals surface area contributed by atoms with Crippen molar-refractivity contribution in [3.8, 4) is 0 Å². The fraction of sp³-hybridized carbons (Fsp3) is 0.333. The Morgan fingerprint density at radius 3 is 2.67 bits per heavy atom. The molecule has 0 unspecified atom stereocenters. The lowest BCUT2D eigenvalue weighted by molar-refractivity contribution is 0.0958. The summed E-state index contributed by atoms with van der Waals surface area (Å²) < 4.78 is 0. The minimum atomic E-state index is -0.250. The molecule has 3 amide bonds. The number of nitrogens with one attached hydrogen (secondary N) is 3. The second-order valence-corrected chi connectivity index (χ2v) is 3.69. The van der Waals surface area contributed by atoms with Gasteiger partial charge in [0.25, 0.3) is 5.91 Å². The maximum Gasteiger partial charge on any atom is 0.314 e. The molecular formula is C9H13N3O2S. The molecule has 0 saturated carbocycles. The van der Waals surface area contributed by atoms with Gasteiger partial charge in [0.2, 0.25) is 0 Å². The summed E-state index contributed by atoms with van der Waals surface area (Å²) in [7, 11) is 1.54. The predicted molar refractivity (Wildman–Crippen MR) is 59.1 cm³/mol. The number of carbonyl (C=O) groups is 2. The average molecular weight is 227 g/mol. The van der Waals surface area contributed by atoms with Crippen molar-refractivity contribution in [1.29, 1.82) is 0 Å². The van der Waals surface area contributed by atoms with E-state index in [1.807, 2.05) is 11.4 Å². The van der Waals surface area contributed by atoms with E-state index < -0.39 is 0 Å². The van der Waals surface area contributed by atoms with Crippen molar-refractivity contribution in [3.63, 3.8) is 0 Å². The van der Waals surface area contributed by atoms with Crippen molar-refractivity contribution >= 4 is 23.3 Å². The molecule has 1 aromatic heterocycles. The molecule has 1 heterocycles. The highest BCUT2D eigenvalue weighted by molar-refractivity contribution is 7.12. The van der Waals surface area contributed by atoms with Crippen molar-refractivity contribution in [1.82, 2.24) is 16.0 Å². The first-order valence-electron chi connectivity index (χ1n) is 4.51. The van der Waals surface area contributed by atoms with Crippen LogP contribution >= 0.6 is 11.3 Å². The quantitative estimate of drug-likeness (QED) is 0.652. The van der Waals surface area contributed by atoms with E-state index in [-0.39, 0.29) is 11.9 Å². The molecule has 3 N–H and O–H groups in total. The average Bonchev–Trinajstić information content (AvgIpc) is 2.77. The van der Waals surface area contributed by atoms with Gasteiger partial charge < -0.3 is 16.0 Å². The molecule has 0 aliphatic carbocycles. The Kier molecular flexibility index (Phi) is 4.62. The summed E-state index contributed by atoms with van der Waals surface area (Å²) in [6.07, 6.45) is 0. The molecule has 0 fully saturated rings. The topological polar surface area (TPSA) is 70.2 Å². The Labute approximate surface area is 91.9 Å². The number of carbonyl (C=O) groups excluding carboxylic acids is 2. The van der Waals surface area contributed by atoms with Crippen molar-refractivity contribution in [2.75, 3.05) is 20.1 Å². The van der Waals surface area contributed by atoms with Crippen molar-refractivity contribution in [2.24, 2.45) is 0 Å². The minimum Gasteiger partial charge on any atom is -0.350 e. The number of thiophene rings is 1. The Morgan fingerprint density at radius 1 is 1.33 bits per heavy atom. The highest BCUT2D eigenvalue weighted by Crippen LogP contribution is 2.07. The first-order valence-corrected chi connectivity index (χ1v) is 5.39. The van der Waals surface area contributed by atoms with Gasteiger partial charge in [-0.1, -0.05) is 6.07 Å². The van der Waals surface area contributed by atoms with Crippen LogP contribution in [0.4, 0.5) is 4.79 Å². The van der Waals surface area contributed by atoms with Gasteiger partial charge in [-0.05, 0) is 11.4 Å². The molecule has 0 radical (unpaired) electrons. The molecular weight excluding hydrogens is 214 g/mol. The summed E-state index contributed by atoms with van der Waals surface area (Å²) in [5.41, 5.74) is 0. The number of amides is 3. The fourth-order valence-electron chi connectivity index (χ4n) is 0.935. The van der Waals surface area contributed by atoms with E-state index in [0.717, 1.165) is 0 Å². The molecule has 0 saturated heterocycles. The van der Waals surface area contributed by atoms with E-state index in [2.05, 4.69) is 16.0 Å². The van der Waals surface area contributed by atoms with Crippen LogP contribution in [0, 0.1) is 0 Å². The third kappa shape index (κ3) is 3.99. The lowest BCUT2D eigenvalue weighted by Crippen LogP contribution is -2.38. The number of hydrogen-bond donors (Lipinski definition) is 3. The summed E-state index contributed by atoms with van der Waals surface area (Å²) in [5.74, 6) is -0.108. The summed E-state index contributed by atoms with van der Waals surface area (Å²) in [4.78, 5) is 22.8. The molecule has 0 aliphatic rings. The lowest BCUT2D eigenvalue weighted by atomic mass is 10.4. The van der Waals surface area contributed by atoms with Gasteiger partial charge in [0.1, 0.15) is 0 Å². The summed E-state index contributed by atoms with van der Waals surface area (Å²) >= 11 is 1.39. The van der Waals surface area contributed by atoms with Gasteiger partial charge in [0.05, 0.1) is 4.88 Å². The van der Waals surface area contributed by atoms with Gasteiger partial charge in [-0.15, -0.1) is 11.3 Å². The summed E-state index contributed by atoms with van der Waals surface area (Å²) in [5, 5.41) is 9.53. The SMILES string of the molecule is CNC(=O)NCCNC(=O)c1cccs1. The van der Waals surface area contributed by atoms with E-state index >= 15 is 0 Å². The Balaban J connectivity index is 2.16. The maximum absolute atomic E-state index is 11.4. The number of hydrogen-bond acceptors (Lipinski definition) is 3. The van der Waals surface area contributed by atoms with Gasteiger partial charge in [-0.2, -0.15) is 0 Å². The standard InChI is InChI=1S/C9H13N3O2S/c1-10-9(14)12-5-4-11-8(13)7-3-2-6-15-7/h2-3,6H,4-5H2,1H3,(H,11,13)(H2,10,12,14). The van der Waals surface area contributed by atoms with Gasteiger partial charge in [0.15, 0.2) is 0 Å². The predicted octanol–water partition coefficient (Wildman–Crippen LogP) is 0.407. The maximum atomic E-state index is 11.4. The summed E-state index contributed by atoms with van der Waals surface area (Å²) in [6.45, 7) is 0.834. The Bertz CT molecular complexity index is 324. The third-order valence-corrected chi connectivity index (χ3v) is 2.54. The van der Waals surface area contributed by atoms with Gasteiger partial charge >= 0.3 is 6.03 Å². The molecule has 0 atom stereocenters. The van der Waals surface area contributed by atoms with Crippen molar-refractivity contribution in [2.45, 2.75) is 0 Å². The van der Waals surface area contributed by atoms with Crippen molar-refractivity contribution in [3.05, 3.63) is 22.4 Å². The Hall–Kier alpha value is -1.56. The largest absolute Gasteiger partial charge is 0.350 e. The van der Waals surface area contributed by atoms with Crippen LogP contribution in [0.3, 0.4) is 0 Å². The molecule has 0 aliphatic heterocycles. The zero-order chi connectivity index (χ0) is 11.1. The highest BCUT2D eigenvalue weighted by Gasteiger charge is 2.04. The van der Waals surface area contributed by atoms with Gasteiger partial charge in [-0.3, -0.25) is 4.79 Å². The van der Waals surface area contributed by atoms with Crippen LogP contribution in [0.1, 0.15) is 9.67 Å². The minimum absolute atomic E-state index is 0.108. The van der Waals surface area contributed by atoms with E-state index in [0.29, 0.717) is 18.0 Å². The summed E-state index contributed by atoms with van der Waals surface area (Å²) in [6, 6.07) is 3.33. The molecule has 0 spiro atoms. The monoisotopic (exact) mass is 227 g/mol. The van der Waals surface area contributed by atoms with Crippen LogP contribution in [0.5, 0.6) is 0 Å². The number of rotatable bonds is 4. The first kappa shape index (κ1) is 11.5. The third-order valence-electron chi connectivity index (χ3n) is 1.67. The second-order valence-electron chi connectivity index (χ2n) is 2.74. The van der Waals surface area contributed by atoms with Crippen molar-refractivity contribution < 1.29 is 9.59 Å². The molecule has 0 bridgehead atoms. The first-order chi connectivity index (χ1) is 7.24. The van der Waals surface area contributed by atoms with Gasteiger partial charge in [-0.25, -0.2) is 4.79 Å². The Morgan fingerprint density at radius 2 is 2.07 bits per heavy atom. The van der Waals surface area contributed by atoms with E-state index in [9.17, 15) is 9.59 Å². The van der Waals surface area contributed by atoms with E-state index in [1.165, 1.54) is 11.3 Å². The molecule has 5 nitrogen and oxygen atoms in total. The smallest absolute Gasteiger partial charge is 0.314 e. The fourth-order valence-corrected chi connectivity index (χ4v) is 1.58. The van der Waals surface area contributed by atoms with Gasteiger partial charge in [0, 0.05) is 20.1 Å². The van der Waals surface area contributed by atoms with Crippen LogP contribution in [0.15, 0.2) is 17.5 Å². The van der Waals surface area contributed by atoms with E-state index in [1.54, 1.807) is 13.1 Å². The molecule has 0 aromatic carbocycles. The lowest BCUT2D eigenvalue weighted by Gasteiger charge is -2.05.